The molecule has 0 aliphatic carbocycles. The van der Waals surface area contributed by atoms with Crippen LogP contribution in [0.2, 0.25) is 0 Å². The summed E-state index contributed by atoms with van der Waals surface area (Å²) < 4.78 is 10.5. The first-order valence-corrected chi connectivity index (χ1v) is 6.24. The van der Waals surface area contributed by atoms with E-state index >= 15 is 0 Å². The Morgan fingerprint density at radius 3 is 2.53 bits per heavy atom. The molecule has 19 heavy (non-hydrogen) atoms. The maximum Gasteiger partial charge on any atom is 0.258 e. The maximum absolute atomic E-state index is 11.5. The zero-order valence-corrected chi connectivity index (χ0v) is 12.0. The number of ether oxygens (including phenoxy) is 2. The SMILES string of the molecule is COc1cc(OCC(=O)NC(C)C)cc(C(N)=S)c1. The van der Waals surface area contributed by atoms with Crippen LogP contribution in [0, 0.1) is 0 Å². The largest absolute Gasteiger partial charge is 0.497 e. The minimum Gasteiger partial charge on any atom is -0.497 e. The summed E-state index contributed by atoms with van der Waals surface area (Å²) in [4.78, 5) is 11.7. The van der Waals surface area contributed by atoms with Gasteiger partial charge in [-0.25, -0.2) is 0 Å². The van der Waals surface area contributed by atoms with Crippen LogP contribution in [-0.4, -0.2) is 30.7 Å². The number of carbonyl (C=O) groups excluding carboxylic acids is 1. The van der Waals surface area contributed by atoms with Crippen molar-refractivity contribution < 1.29 is 14.3 Å². The van der Waals surface area contributed by atoms with Crippen LogP contribution in [0.1, 0.15) is 19.4 Å². The van der Waals surface area contributed by atoms with E-state index in [0.29, 0.717) is 17.1 Å². The monoisotopic (exact) mass is 282 g/mol. The van der Waals surface area contributed by atoms with Gasteiger partial charge in [-0.2, -0.15) is 0 Å². The lowest BCUT2D eigenvalue weighted by atomic mass is 10.2. The summed E-state index contributed by atoms with van der Waals surface area (Å²) in [6.07, 6.45) is 0. The van der Waals surface area contributed by atoms with E-state index in [1.165, 1.54) is 7.11 Å². The van der Waals surface area contributed by atoms with Crippen LogP contribution in [0.15, 0.2) is 18.2 Å². The molecule has 0 aliphatic heterocycles. The summed E-state index contributed by atoms with van der Waals surface area (Å²) in [5.41, 5.74) is 6.20. The van der Waals surface area contributed by atoms with E-state index in [1.807, 2.05) is 13.8 Å². The second kappa shape index (κ2) is 6.94. The van der Waals surface area contributed by atoms with Gasteiger partial charge in [0.2, 0.25) is 0 Å². The molecule has 0 aliphatic rings. The van der Waals surface area contributed by atoms with Crippen molar-refractivity contribution >= 4 is 23.1 Å². The normalized spacial score (nSPS) is 10.1. The lowest BCUT2D eigenvalue weighted by molar-refractivity contribution is -0.123. The molecule has 0 radical (unpaired) electrons. The summed E-state index contributed by atoms with van der Waals surface area (Å²) in [5.74, 6) is 0.875. The van der Waals surface area contributed by atoms with Crippen LogP contribution in [-0.2, 0) is 4.79 Å². The lowest BCUT2D eigenvalue weighted by Crippen LogP contribution is -2.34. The first-order chi connectivity index (χ1) is 8.92. The molecule has 0 aromatic heterocycles. The minimum atomic E-state index is -0.185. The van der Waals surface area contributed by atoms with Crippen molar-refractivity contribution in [1.82, 2.24) is 5.32 Å². The number of methoxy groups -OCH3 is 1. The molecular formula is C13H18N2O3S. The fourth-order valence-electron chi connectivity index (χ4n) is 1.43. The average Bonchev–Trinajstić information content (AvgIpc) is 2.35. The van der Waals surface area contributed by atoms with Gasteiger partial charge < -0.3 is 20.5 Å². The van der Waals surface area contributed by atoms with E-state index in [0.717, 1.165) is 0 Å². The van der Waals surface area contributed by atoms with Gasteiger partial charge >= 0.3 is 0 Å². The van der Waals surface area contributed by atoms with Crippen molar-refractivity contribution in [1.29, 1.82) is 0 Å². The Balaban J connectivity index is 2.75. The van der Waals surface area contributed by atoms with E-state index in [-0.39, 0.29) is 23.5 Å². The predicted molar refractivity (Wildman–Crippen MR) is 77.7 cm³/mol. The number of benzene rings is 1. The van der Waals surface area contributed by atoms with Crippen molar-refractivity contribution in [2.45, 2.75) is 19.9 Å². The molecule has 0 bridgehead atoms. The minimum absolute atomic E-state index is 0.0673. The van der Waals surface area contributed by atoms with E-state index in [9.17, 15) is 4.79 Å². The molecule has 0 unspecified atom stereocenters. The van der Waals surface area contributed by atoms with Gasteiger partial charge in [0.05, 0.1) is 7.11 Å². The number of carbonyl (C=O) groups is 1. The molecule has 3 N–H and O–H groups in total. The van der Waals surface area contributed by atoms with Crippen LogP contribution >= 0.6 is 12.2 Å². The molecule has 0 atom stereocenters. The van der Waals surface area contributed by atoms with Gasteiger partial charge in [0.15, 0.2) is 6.61 Å². The van der Waals surface area contributed by atoms with Crippen molar-refractivity contribution in [2.24, 2.45) is 5.73 Å². The molecule has 104 valence electrons. The number of nitrogens with two attached hydrogens (primary N) is 1. The summed E-state index contributed by atoms with van der Waals surface area (Å²) in [5, 5.41) is 2.73. The Labute approximate surface area is 118 Å². The Kier molecular flexibility index (Phi) is 5.57. The highest BCUT2D eigenvalue weighted by Crippen LogP contribution is 2.22. The summed E-state index contributed by atoms with van der Waals surface area (Å²) in [7, 11) is 1.54. The average molecular weight is 282 g/mol. The zero-order chi connectivity index (χ0) is 14.4. The van der Waals surface area contributed by atoms with Crippen LogP contribution < -0.4 is 20.5 Å². The first kappa shape index (κ1) is 15.2. The molecule has 1 aromatic carbocycles. The van der Waals surface area contributed by atoms with Gasteiger partial charge in [-0.3, -0.25) is 4.79 Å². The van der Waals surface area contributed by atoms with Crippen LogP contribution in [0.3, 0.4) is 0 Å². The van der Waals surface area contributed by atoms with E-state index in [1.54, 1.807) is 18.2 Å². The van der Waals surface area contributed by atoms with Gasteiger partial charge in [0.1, 0.15) is 16.5 Å². The van der Waals surface area contributed by atoms with Crippen molar-refractivity contribution in [3.63, 3.8) is 0 Å². The highest BCUT2D eigenvalue weighted by Gasteiger charge is 2.08. The van der Waals surface area contributed by atoms with E-state index in [4.69, 9.17) is 27.4 Å². The Bertz CT molecular complexity index is 475. The van der Waals surface area contributed by atoms with Crippen LogP contribution in [0.25, 0.3) is 0 Å². The number of amides is 1. The third kappa shape index (κ3) is 5.13. The van der Waals surface area contributed by atoms with Crippen molar-refractivity contribution in [2.75, 3.05) is 13.7 Å². The Hall–Kier alpha value is -1.82. The number of thiocarbonyl (C=S) groups is 1. The van der Waals surface area contributed by atoms with Crippen LogP contribution in [0.4, 0.5) is 0 Å². The highest BCUT2D eigenvalue weighted by molar-refractivity contribution is 7.80. The van der Waals surface area contributed by atoms with Gasteiger partial charge in [-0.05, 0) is 26.0 Å². The fraction of sp³-hybridized carbons (Fsp3) is 0.385. The molecule has 0 spiro atoms. The molecule has 0 saturated carbocycles. The fourth-order valence-corrected chi connectivity index (χ4v) is 1.55. The lowest BCUT2D eigenvalue weighted by Gasteiger charge is -2.11. The number of rotatable bonds is 6. The number of hydrogen-bond donors (Lipinski definition) is 2. The zero-order valence-electron chi connectivity index (χ0n) is 11.2. The molecule has 0 heterocycles. The predicted octanol–water partition coefficient (Wildman–Crippen LogP) is 1.23. The smallest absolute Gasteiger partial charge is 0.258 e. The molecule has 1 amide bonds. The third-order valence-electron chi connectivity index (χ3n) is 2.22. The van der Waals surface area contributed by atoms with Crippen LogP contribution in [0.5, 0.6) is 11.5 Å². The van der Waals surface area contributed by atoms with Gasteiger partial charge in [0.25, 0.3) is 5.91 Å². The number of hydrogen-bond acceptors (Lipinski definition) is 4. The first-order valence-electron chi connectivity index (χ1n) is 5.83. The standard InChI is InChI=1S/C13H18N2O3S/c1-8(2)15-12(16)7-18-11-5-9(13(14)19)4-10(6-11)17-3/h4-6,8H,7H2,1-3H3,(H2,14,19)(H,15,16). The summed E-state index contributed by atoms with van der Waals surface area (Å²) in [6.45, 7) is 3.70. The third-order valence-corrected chi connectivity index (χ3v) is 2.46. The van der Waals surface area contributed by atoms with Gasteiger partial charge in [0, 0.05) is 17.7 Å². The van der Waals surface area contributed by atoms with Gasteiger partial charge in [-0.15, -0.1) is 0 Å². The van der Waals surface area contributed by atoms with E-state index < -0.39 is 0 Å². The Morgan fingerprint density at radius 2 is 2.00 bits per heavy atom. The highest BCUT2D eigenvalue weighted by atomic mass is 32.1. The molecule has 0 saturated heterocycles. The molecule has 1 aromatic rings. The second-order valence-electron chi connectivity index (χ2n) is 4.27. The Morgan fingerprint density at radius 1 is 1.37 bits per heavy atom. The number of nitrogens with one attached hydrogen (secondary N) is 1. The van der Waals surface area contributed by atoms with E-state index in [2.05, 4.69) is 5.32 Å². The maximum atomic E-state index is 11.5. The quantitative estimate of drug-likeness (QED) is 0.768. The van der Waals surface area contributed by atoms with Crippen molar-refractivity contribution in [3.05, 3.63) is 23.8 Å². The molecule has 5 nitrogen and oxygen atoms in total. The molecular weight excluding hydrogens is 264 g/mol. The molecule has 6 heteroatoms. The topological polar surface area (TPSA) is 73.6 Å². The van der Waals surface area contributed by atoms with Gasteiger partial charge in [-0.1, -0.05) is 12.2 Å². The molecule has 0 fully saturated rings. The summed E-state index contributed by atoms with van der Waals surface area (Å²) >= 11 is 4.91. The summed E-state index contributed by atoms with van der Waals surface area (Å²) in [6, 6.07) is 5.13. The molecule has 1 rings (SSSR count). The second-order valence-corrected chi connectivity index (χ2v) is 4.71. The van der Waals surface area contributed by atoms with Crippen molar-refractivity contribution in [3.8, 4) is 11.5 Å².